The van der Waals surface area contributed by atoms with Gasteiger partial charge in [-0.3, -0.25) is 0 Å². The Hall–Kier alpha value is -1.85. The average molecular weight is 291 g/mol. The molecule has 0 aliphatic carbocycles. The van der Waals surface area contributed by atoms with Gasteiger partial charge in [0, 0.05) is 13.6 Å². The number of hydrogen-bond acceptors (Lipinski definition) is 3. The Morgan fingerprint density at radius 1 is 1.00 bits per heavy atom. The van der Waals surface area contributed by atoms with Gasteiger partial charge in [0.1, 0.15) is 5.75 Å². The van der Waals surface area contributed by atoms with Gasteiger partial charge in [-0.15, -0.1) is 0 Å². The fourth-order valence-electron chi connectivity index (χ4n) is 1.83. The molecule has 4 nitrogen and oxygen atoms in total. The molecule has 0 saturated carbocycles. The maximum absolute atomic E-state index is 12.4. The SMILES string of the molecule is Cc1ccc(CN(C)S(=O)(=O)c2ccc(O)cc2)cc1. The van der Waals surface area contributed by atoms with E-state index in [-0.39, 0.29) is 10.6 Å². The van der Waals surface area contributed by atoms with Crippen molar-refractivity contribution in [2.24, 2.45) is 0 Å². The number of sulfonamides is 1. The van der Waals surface area contributed by atoms with E-state index in [1.807, 2.05) is 31.2 Å². The summed E-state index contributed by atoms with van der Waals surface area (Å²) in [6.45, 7) is 2.30. The molecule has 0 radical (unpaired) electrons. The zero-order chi connectivity index (χ0) is 14.8. The van der Waals surface area contributed by atoms with E-state index in [2.05, 4.69) is 0 Å². The summed E-state index contributed by atoms with van der Waals surface area (Å²) in [6, 6.07) is 13.3. The van der Waals surface area contributed by atoms with Gasteiger partial charge in [0.05, 0.1) is 4.90 Å². The topological polar surface area (TPSA) is 57.6 Å². The lowest BCUT2D eigenvalue weighted by molar-refractivity contribution is 0.464. The van der Waals surface area contributed by atoms with Gasteiger partial charge < -0.3 is 5.11 Å². The first kappa shape index (κ1) is 14.6. The molecule has 20 heavy (non-hydrogen) atoms. The lowest BCUT2D eigenvalue weighted by atomic mass is 10.1. The molecule has 0 amide bonds. The van der Waals surface area contributed by atoms with Gasteiger partial charge in [0.15, 0.2) is 0 Å². The number of phenolic OH excluding ortho intramolecular Hbond substituents is 1. The minimum absolute atomic E-state index is 0.0464. The van der Waals surface area contributed by atoms with Crippen LogP contribution in [0.25, 0.3) is 0 Å². The fraction of sp³-hybridized carbons (Fsp3) is 0.200. The van der Waals surface area contributed by atoms with Crippen LogP contribution >= 0.6 is 0 Å². The molecule has 0 unspecified atom stereocenters. The molecule has 0 fully saturated rings. The third kappa shape index (κ3) is 3.18. The van der Waals surface area contributed by atoms with Crippen molar-refractivity contribution in [3.8, 4) is 5.75 Å². The zero-order valence-electron chi connectivity index (χ0n) is 11.4. The number of aromatic hydroxyl groups is 1. The predicted molar refractivity (Wildman–Crippen MR) is 77.9 cm³/mol. The molecule has 106 valence electrons. The van der Waals surface area contributed by atoms with Crippen molar-refractivity contribution in [3.63, 3.8) is 0 Å². The number of rotatable bonds is 4. The van der Waals surface area contributed by atoms with Crippen molar-refractivity contribution in [2.75, 3.05) is 7.05 Å². The normalized spacial score (nSPS) is 11.8. The molecule has 0 aliphatic rings. The molecule has 2 rings (SSSR count). The quantitative estimate of drug-likeness (QED) is 0.941. The Kier molecular flexibility index (Phi) is 4.11. The number of nitrogens with zero attached hydrogens (tertiary/aromatic N) is 1. The minimum atomic E-state index is -3.54. The summed E-state index contributed by atoms with van der Waals surface area (Å²) in [5.41, 5.74) is 2.07. The third-order valence-corrected chi connectivity index (χ3v) is 4.89. The van der Waals surface area contributed by atoms with Crippen LogP contribution in [0.5, 0.6) is 5.75 Å². The van der Waals surface area contributed by atoms with Crippen LogP contribution in [0.4, 0.5) is 0 Å². The van der Waals surface area contributed by atoms with Crippen molar-refractivity contribution in [1.29, 1.82) is 0 Å². The monoisotopic (exact) mass is 291 g/mol. The van der Waals surface area contributed by atoms with Crippen LogP contribution in [0.15, 0.2) is 53.4 Å². The molecule has 0 atom stereocenters. The number of hydrogen-bond donors (Lipinski definition) is 1. The lowest BCUT2D eigenvalue weighted by Gasteiger charge is -2.17. The van der Waals surface area contributed by atoms with Crippen molar-refractivity contribution in [2.45, 2.75) is 18.4 Å². The van der Waals surface area contributed by atoms with Crippen LogP contribution in [0.1, 0.15) is 11.1 Å². The Morgan fingerprint density at radius 3 is 2.10 bits per heavy atom. The second-order valence-electron chi connectivity index (χ2n) is 4.74. The number of benzene rings is 2. The molecule has 5 heteroatoms. The van der Waals surface area contributed by atoms with Gasteiger partial charge in [0.2, 0.25) is 10.0 Å². The van der Waals surface area contributed by atoms with Crippen LogP contribution in [0.2, 0.25) is 0 Å². The molecule has 1 N–H and O–H groups in total. The second kappa shape index (κ2) is 5.64. The lowest BCUT2D eigenvalue weighted by Crippen LogP contribution is -2.26. The highest BCUT2D eigenvalue weighted by Crippen LogP contribution is 2.19. The summed E-state index contributed by atoms with van der Waals surface area (Å²) in [5, 5.41) is 9.21. The molecule has 0 spiro atoms. The fourth-order valence-corrected chi connectivity index (χ4v) is 2.99. The van der Waals surface area contributed by atoms with Gasteiger partial charge in [-0.1, -0.05) is 29.8 Å². The smallest absolute Gasteiger partial charge is 0.243 e. The molecular formula is C15H17NO3S. The van der Waals surface area contributed by atoms with Crippen LogP contribution < -0.4 is 0 Å². The number of aryl methyl sites for hydroxylation is 1. The molecular weight excluding hydrogens is 274 g/mol. The molecule has 0 heterocycles. The molecule has 0 aliphatic heterocycles. The first-order chi connectivity index (χ1) is 9.39. The second-order valence-corrected chi connectivity index (χ2v) is 6.79. The van der Waals surface area contributed by atoms with E-state index in [9.17, 15) is 13.5 Å². The first-order valence-corrected chi connectivity index (χ1v) is 7.64. The van der Waals surface area contributed by atoms with E-state index in [0.29, 0.717) is 6.54 Å². The highest BCUT2D eigenvalue weighted by Gasteiger charge is 2.20. The molecule has 0 saturated heterocycles. The van der Waals surface area contributed by atoms with Crippen molar-refractivity contribution in [3.05, 3.63) is 59.7 Å². The van der Waals surface area contributed by atoms with E-state index in [0.717, 1.165) is 11.1 Å². The summed E-state index contributed by atoms with van der Waals surface area (Å²) >= 11 is 0. The van der Waals surface area contributed by atoms with Crippen LogP contribution in [-0.2, 0) is 16.6 Å². The maximum Gasteiger partial charge on any atom is 0.243 e. The summed E-state index contributed by atoms with van der Waals surface area (Å²) in [4.78, 5) is 0.171. The van der Waals surface area contributed by atoms with Crippen LogP contribution in [0.3, 0.4) is 0 Å². The molecule has 0 aromatic heterocycles. The van der Waals surface area contributed by atoms with Crippen molar-refractivity contribution in [1.82, 2.24) is 4.31 Å². The largest absolute Gasteiger partial charge is 0.508 e. The molecule has 2 aromatic carbocycles. The molecule has 2 aromatic rings. The highest BCUT2D eigenvalue weighted by molar-refractivity contribution is 7.89. The van der Waals surface area contributed by atoms with Gasteiger partial charge in [-0.2, -0.15) is 4.31 Å². The minimum Gasteiger partial charge on any atom is -0.508 e. The van der Waals surface area contributed by atoms with E-state index < -0.39 is 10.0 Å². The first-order valence-electron chi connectivity index (χ1n) is 6.20. The van der Waals surface area contributed by atoms with Crippen LogP contribution in [-0.4, -0.2) is 24.9 Å². The number of phenols is 1. The highest BCUT2D eigenvalue weighted by atomic mass is 32.2. The Balaban J connectivity index is 2.21. The van der Waals surface area contributed by atoms with Gasteiger partial charge in [-0.25, -0.2) is 8.42 Å². The Bertz CT molecular complexity index is 676. The van der Waals surface area contributed by atoms with Crippen molar-refractivity contribution < 1.29 is 13.5 Å². The summed E-state index contributed by atoms with van der Waals surface area (Å²) < 4.78 is 26.0. The van der Waals surface area contributed by atoms with Crippen LogP contribution in [0, 0.1) is 6.92 Å². The van der Waals surface area contributed by atoms with E-state index in [1.54, 1.807) is 7.05 Å². The van der Waals surface area contributed by atoms with E-state index in [1.165, 1.54) is 28.6 Å². The standard InChI is InChI=1S/C15H17NO3S/c1-12-3-5-13(6-4-12)11-16(2)20(18,19)15-9-7-14(17)8-10-15/h3-10,17H,11H2,1-2H3. The van der Waals surface area contributed by atoms with Crippen molar-refractivity contribution >= 4 is 10.0 Å². The predicted octanol–water partition coefficient (Wildman–Crippen LogP) is 2.52. The maximum atomic E-state index is 12.4. The Morgan fingerprint density at radius 2 is 1.55 bits per heavy atom. The molecule has 0 bridgehead atoms. The third-order valence-electron chi connectivity index (χ3n) is 3.07. The van der Waals surface area contributed by atoms with E-state index >= 15 is 0 Å². The van der Waals surface area contributed by atoms with Gasteiger partial charge in [0.25, 0.3) is 0 Å². The Labute approximate surface area is 119 Å². The summed E-state index contributed by atoms with van der Waals surface area (Å²) in [5.74, 6) is 0.0464. The van der Waals surface area contributed by atoms with E-state index in [4.69, 9.17) is 0 Å². The van der Waals surface area contributed by atoms with Gasteiger partial charge in [-0.05, 0) is 36.8 Å². The zero-order valence-corrected chi connectivity index (χ0v) is 12.3. The van der Waals surface area contributed by atoms with Gasteiger partial charge >= 0.3 is 0 Å². The average Bonchev–Trinajstić information content (AvgIpc) is 2.42. The summed E-state index contributed by atoms with van der Waals surface area (Å²) in [7, 11) is -2.00. The summed E-state index contributed by atoms with van der Waals surface area (Å²) in [6.07, 6.45) is 0.